The zero-order valence-electron chi connectivity index (χ0n) is 11.8. The summed E-state index contributed by atoms with van der Waals surface area (Å²) in [5.41, 5.74) is -0.420. The standard InChI is InChI=1S/C13H22N2O4/c1-5-6-14(8-11(16)17)12(18)15-7-10(2)19-13(3,4)9-15/h5,10H,1,6-9H2,2-4H3,(H,16,17). The first-order valence-corrected chi connectivity index (χ1v) is 6.29. The summed E-state index contributed by atoms with van der Waals surface area (Å²) in [4.78, 5) is 26.0. The molecule has 1 heterocycles. The predicted octanol–water partition coefficient (Wildman–Crippen LogP) is 1.18. The summed E-state index contributed by atoms with van der Waals surface area (Å²) >= 11 is 0. The number of carboxylic acid groups (broad SMARTS) is 1. The fourth-order valence-electron chi connectivity index (χ4n) is 2.33. The molecule has 0 aromatic heterocycles. The van der Waals surface area contributed by atoms with Gasteiger partial charge in [-0.05, 0) is 20.8 Å². The van der Waals surface area contributed by atoms with E-state index in [1.807, 2.05) is 20.8 Å². The molecule has 0 aliphatic carbocycles. The second kappa shape index (κ2) is 6.06. The first-order chi connectivity index (χ1) is 8.75. The van der Waals surface area contributed by atoms with Crippen LogP contribution in [-0.2, 0) is 9.53 Å². The van der Waals surface area contributed by atoms with Crippen LogP contribution in [0.4, 0.5) is 4.79 Å². The lowest BCUT2D eigenvalue weighted by Gasteiger charge is -2.43. The van der Waals surface area contributed by atoms with Crippen LogP contribution in [0.2, 0.25) is 0 Å². The Morgan fingerprint density at radius 3 is 2.68 bits per heavy atom. The minimum absolute atomic E-state index is 0.0666. The van der Waals surface area contributed by atoms with Gasteiger partial charge in [0, 0.05) is 13.1 Å². The van der Waals surface area contributed by atoms with Gasteiger partial charge in [0.15, 0.2) is 0 Å². The SMILES string of the molecule is C=CCN(CC(=O)O)C(=O)N1CC(C)OC(C)(C)C1. The number of hydrogen-bond donors (Lipinski definition) is 1. The summed E-state index contributed by atoms with van der Waals surface area (Å²) < 4.78 is 5.73. The Hall–Kier alpha value is -1.56. The molecule has 1 fully saturated rings. The van der Waals surface area contributed by atoms with Crippen molar-refractivity contribution in [2.75, 3.05) is 26.2 Å². The molecule has 1 aliphatic rings. The van der Waals surface area contributed by atoms with Gasteiger partial charge in [-0.3, -0.25) is 4.79 Å². The van der Waals surface area contributed by atoms with Crippen LogP contribution in [0.25, 0.3) is 0 Å². The minimum Gasteiger partial charge on any atom is -0.480 e. The highest BCUT2D eigenvalue weighted by Gasteiger charge is 2.35. The molecule has 1 unspecified atom stereocenters. The molecule has 6 nitrogen and oxygen atoms in total. The number of morpholine rings is 1. The highest BCUT2D eigenvalue weighted by Crippen LogP contribution is 2.21. The van der Waals surface area contributed by atoms with Crippen molar-refractivity contribution in [1.82, 2.24) is 9.80 Å². The molecule has 108 valence electrons. The lowest BCUT2D eigenvalue weighted by atomic mass is 10.1. The van der Waals surface area contributed by atoms with Crippen LogP contribution in [0.15, 0.2) is 12.7 Å². The molecule has 19 heavy (non-hydrogen) atoms. The van der Waals surface area contributed by atoms with Crippen molar-refractivity contribution in [3.05, 3.63) is 12.7 Å². The maximum Gasteiger partial charge on any atom is 0.323 e. The summed E-state index contributed by atoms with van der Waals surface area (Å²) in [5, 5.41) is 8.84. The number of ether oxygens (including phenoxy) is 1. The average molecular weight is 270 g/mol. The second-order valence-corrected chi connectivity index (χ2v) is 5.41. The zero-order valence-corrected chi connectivity index (χ0v) is 11.8. The molecule has 1 atom stereocenters. The summed E-state index contributed by atoms with van der Waals surface area (Å²) in [6, 6.07) is -0.287. The largest absolute Gasteiger partial charge is 0.480 e. The van der Waals surface area contributed by atoms with E-state index in [-0.39, 0.29) is 25.2 Å². The van der Waals surface area contributed by atoms with Gasteiger partial charge in [0.05, 0.1) is 18.2 Å². The molecular formula is C13H22N2O4. The molecule has 0 aromatic carbocycles. The zero-order chi connectivity index (χ0) is 14.6. The van der Waals surface area contributed by atoms with Gasteiger partial charge in [-0.2, -0.15) is 0 Å². The number of urea groups is 1. The highest BCUT2D eigenvalue weighted by molar-refractivity contribution is 5.80. The number of nitrogens with zero attached hydrogens (tertiary/aromatic N) is 2. The van der Waals surface area contributed by atoms with Crippen molar-refractivity contribution in [2.45, 2.75) is 32.5 Å². The number of hydrogen-bond acceptors (Lipinski definition) is 3. The quantitative estimate of drug-likeness (QED) is 0.779. The number of carbonyl (C=O) groups is 2. The van der Waals surface area contributed by atoms with E-state index in [1.165, 1.54) is 11.0 Å². The third-order valence-corrected chi connectivity index (χ3v) is 2.79. The average Bonchev–Trinajstić information content (AvgIpc) is 2.24. The van der Waals surface area contributed by atoms with E-state index in [0.717, 1.165) is 0 Å². The Kier molecular flexibility index (Phi) is 4.94. The maximum atomic E-state index is 12.3. The van der Waals surface area contributed by atoms with Crippen LogP contribution >= 0.6 is 0 Å². The summed E-state index contributed by atoms with van der Waals surface area (Å²) in [5.74, 6) is -1.03. The first kappa shape index (κ1) is 15.5. The van der Waals surface area contributed by atoms with E-state index in [9.17, 15) is 9.59 Å². The van der Waals surface area contributed by atoms with E-state index in [2.05, 4.69) is 6.58 Å². The number of aliphatic carboxylic acids is 1. The third kappa shape index (κ3) is 4.55. The van der Waals surface area contributed by atoms with Gasteiger partial charge in [-0.1, -0.05) is 6.08 Å². The number of carbonyl (C=O) groups excluding carboxylic acids is 1. The molecular weight excluding hydrogens is 248 g/mol. The van der Waals surface area contributed by atoms with Crippen molar-refractivity contribution in [2.24, 2.45) is 0 Å². The van der Waals surface area contributed by atoms with Crippen molar-refractivity contribution in [3.8, 4) is 0 Å². The lowest BCUT2D eigenvalue weighted by molar-refractivity contribution is -0.138. The van der Waals surface area contributed by atoms with Crippen molar-refractivity contribution in [3.63, 3.8) is 0 Å². The smallest absolute Gasteiger partial charge is 0.323 e. The first-order valence-electron chi connectivity index (χ1n) is 6.29. The topological polar surface area (TPSA) is 70.1 Å². The van der Waals surface area contributed by atoms with Gasteiger partial charge >= 0.3 is 12.0 Å². The van der Waals surface area contributed by atoms with Crippen LogP contribution in [0.1, 0.15) is 20.8 Å². The van der Waals surface area contributed by atoms with Crippen molar-refractivity contribution >= 4 is 12.0 Å². The molecule has 1 rings (SSSR count). The van der Waals surface area contributed by atoms with Crippen LogP contribution in [0.3, 0.4) is 0 Å². The Morgan fingerprint density at radius 1 is 1.58 bits per heavy atom. The maximum absolute atomic E-state index is 12.3. The van der Waals surface area contributed by atoms with Gasteiger partial charge in [0.2, 0.25) is 0 Å². The van der Waals surface area contributed by atoms with Gasteiger partial charge in [-0.25, -0.2) is 4.79 Å². The van der Waals surface area contributed by atoms with E-state index in [0.29, 0.717) is 13.1 Å². The van der Waals surface area contributed by atoms with Gasteiger partial charge in [0.1, 0.15) is 6.54 Å². The van der Waals surface area contributed by atoms with E-state index < -0.39 is 11.6 Å². The second-order valence-electron chi connectivity index (χ2n) is 5.41. The van der Waals surface area contributed by atoms with Crippen LogP contribution < -0.4 is 0 Å². The molecule has 0 spiro atoms. The van der Waals surface area contributed by atoms with E-state index >= 15 is 0 Å². The number of rotatable bonds is 4. The molecule has 0 aromatic rings. The summed E-state index contributed by atoms with van der Waals surface area (Å²) in [6.45, 7) is 10.1. The van der Waals surface area contributed by atoms with Crippen LogP contribution in [0.5, 0.6) is 0 Å². The van der Waals surface area contributed by atoms with Crippen LogP contribution in [-0.4, -0.2) is 64.8 Å². The normalized spacial score (nSPS) is 21.8. The lowest BCUT2D eigenvalue weighted by Crippen LogP contribution is -2.57. The fourth-order valence-corrected chi connectivity index (χ4v) is 2.33. The Bertz CT molecular complexity index is 368. The molecule has 1 N–H and O–H groups in total. The fraction of sp³-hybridized carbons (Fsp3) is 0.692. The Morgan fingerprint density at radius 2 is 2.21 bits per heavy atom. The third-order valence-electron chi connectivity index (χ3n) is 2.79. The summed E-state index contributed by atoms with van der Waals surface area (Å²) in [7, 11) is 0. The molecule has 0 bridgehead atoms. The highest BCUT2D eigenvalue weighted by atomic mass is 16.5. The van der Waals surface area contributed by atoms with E-state index in [4.69, 9.17) is 9.84 Å². The number of amides is 2. The molecule has 0 radical (unpaired) electrons. The molecule has 6 heteroatoms. The molecule has 0 saturated carbocycles. The van der Waals surface area contributed by atoms with Gasteiger partial charge < -0.3 is 19.6 Å². The predicted molar refractivity (Wildman–Crippen MR) is 71.0 cm³/mol. The Balaban J connectivity index is 2.77. The van der Waals surface area contributed by atoms with Crippen LogP contribution in [0, 0.1) is 0 Å². The molecule has 1 saturated heterocycles. The summed E-state index contributed by atoms with van der Waals surface area (Å²) in [6.07, 6.45) is 1.46. The Labute approximate surface area is 113 Å². The number of carboxylic acids is 1. The minimum atomic E-state index is -1.03. The molecule has 2 amide bonds. The van der Waals surface area contributed by atoms with Crippen molar-refractivity contribution < 1.29 is 19.4 Å². The van der Waals surface area contributed by atoms with Crippen molar-refractivity contribution in [1.29, 1.82) is 0 Å². The molecule has 1 aliphatic heterocycles. The monoisotopic (exact) mass is 270 g/mol. The van der Waals surface area contributed by atoms with Gasteiger partial charge in [0.25, 0.3) is 0 Å². The van der Waals surface area contributed by atoms with E-state index in [1.54, 1.807) is 4.90 Å². The van der Waals surface area contributed by atoms with Gasteiger partial charge in [-0.15, -0.1) is 6.58 Å².